The highest BCUT2D eigenvalue weighted by Gasteiger charge is 2.21. The molecule has 1 amide bonds. The predicted octanol–water partition coefficient (Wildman–Crippen LogP) is 2.07. The van der Waals surface area contributed by atoms with Gasteiger partial charge in [-0.3, -0.25) is 4.79 Å². The Kier molecular flexibility index (Phi) is 4.39. The molecule has 6 nitrogen and oxygen atoms in total. The molecule has 0 unspecified atom stereocenters. The van der Waals surface area contributed by atoms with Gasteiger partial charge in [-0.25, -0.2) is 13.6 Å². The fourth-order valence-corrected chi connectivity index (χ4v) is 2.57. The molecule has 0 aliphatic rings. The highest BCUT2D eigenvalue weighted by molar-refractivity contribution is 7.89. The molecule has 0 aliphatic heterocycles. The number of furan rings is 1. The zero-order valence-electron chi connectivity index (χ0n) is 12.6. The third-order valence-corrected chi connectivity index (χ3v) is 4.47. The van der Waals surface area contributed by atoms with Gasteiger partial charge in [0.15, 0.2) is 5.76 Å². The Balaban J connectivity index is 2.20. The Morgan fingerprint density at radius 2 is 1.77 bits per heavy atom. The Bertz CT molecular complexity index is 778. The van der Waals surface area contributed by atoms with Crippen LogP contribution in [-0.2, 0) is 10.0 Å². The van der Waals surface area contributed by atoms with Crippen LogP contribution in [0.1, 0.15) is 34.8 Å². The molecule has 1 atom stereocenters. The predicted molar refractivity (Wildman–Crippen MR) is 81.8 cm³/mol. The summed E-state index contributed by atoms with van der Waals surface area (Å²) in [5, 5.41) is 5.06. The molecular weight excluding hydrogens is 304 g/mol. The highest BCUT2D eigenvalue weighted by Crippen LogP contribution is 2.22. The van der Waals surface area contributed by atoms with E-state index in [1.54, 1.807) is 38.2 Å². The Morgan fingerprint density at radius 3 is 2.23 bits per heavy atom. The van der Waals surface area contributed by atoms with Gasteiger partial charge in [-0.1, -0.05) is 12.1 Å². The van der Waals surface area contributed by atoms with Crippen molar-refractivity contribution in [3.63, 3.8) is 0 Å². The number of aryl methyl sites for hydroxylation is 1. The van der Waals surface area contributed by atoms with Gasteiger partial charge in [-0.15, -0.1) is 0 Å². The second kappa shape index (κ2) is 5.94. The lowest BCUT2D eigenvalue weighted by Gasteiger charge is -2.24. The monoisotopic (exact) mass is 322 g/mol. The number of nitrogens with two attached hydrogens (primary N) is 1. The lowest BCUT2D eigenvalue weighted by Crippen LogP contribution is -2.29. The molecule has 0 saturated carbocycles. The first-order chi connectivity index (χ1) is 10.2. The number of rotatable bonds is 4. The number of nitrogens with zero attached hydrogens (tertiary/aromatic N) is 1. The largest absolute Gasteiger partial charge is 0.456 e. The average molecular weight is 322 g/mol. The number of sulfonamides is 1. The van der Waals surface area contributed by atoms with Crippen LogP contribution < -0.4 is 5.14 Å². The minimum absolute atomic E-state index is 0.0408. The second-order valence-electron chi connectivity index (χ2n) is 5.12. The van der Waals surface area contributed by atoms with E-state index in [0.29, 0.717) is 5.76 Å². The van der Waals surface area contributed by atoms with Gasteiger partial charge in [-0.05, 0) is 43.7 Å². The molecular formula is C15H18N2O4S. The first-order valence-corrected chi connectivity index (χ1v) is 8.21. The van der Waals surface area contributed by atoms with Crippen molar-refractivity contribution < 1.29 is 17.6 Å². The van der Waals surface area contributed by atoms with Crippen LogP contribution in [-0.4, -0.2) is 26.3 Å². The number of carbonyl (C=O) groups is 1. The van der Waals surface area contributed by atoms with Crippen LogP contribution in [0, 0.1) is 6.92 Å². The Labute approximate surface area is 129 Å². The van der Waals surface area contributed by atoms with E-state index >= 15 is 0 Å². The number of hydrogen-bond donors (Lipinski definition) is 1. The van der Waals surface area contributed by atoms with Crippen LogP contribution in [0.25, 0.3) is 0 Å². The molecule has 0 saturated heterocycles. The van der Waals surface area contributed by atoms with Crippen LogP contribution >= 0.6 is 0 Å². The molecule has 0 bridgehead atoms. The summed E-state index contributed by atoms with van der Waals surface area (Å²) in [4.78, 5) is 13.9. The van der Waals surface area contributed by atoms with Gasteiger partial charge in [0.25, 0.3) is 5.91 Å². The SMILES string of the molecule is Cc1ccc(C(=O)N(C)[C@H](C)c2ccc(S(N)(=O)=O)cc2)o1. The first kappa shape index (κ1) is 16.3. The van der Waals surface area contributed by atoms with Gasteiger partial charge in [0.05, 0.1) is 10.9 Å². The number of hydrogen-bond acceptors (Lipinski definition) is 4. The minimum atomic E-state index is -3.72. The standard InChI is InChI=1S/C15H18N2O4S/c1-10-4-9-14(21-10)15(18)17(3)11(2)12-5-7-13(8-6-12)22(16,19)20/h4-9,11H,1-3H3,(H2,16,19,20)/t11-/m1/s1. The zero-order chi connectivity index (χ0) is 16.5. The third kappa shape index (κ3) is 3.37. The molecule has 2 N–H and O–H groups in total. The lowest BCUT2D eigenvalue weighted by molar-refractivity contribution is 0.0709. The summed E-state index contributed by atoms with van der Waals surface area (Å²) in [6.45, 7) is 3.62. The number of primary sulfonamides is 1. The molecule has 0 spiro atoms. The quantitative estimate of drug-likeness (QED) is 0.932. The molecule has 1 aromatic heterocycles. The van der Waals surface area contributed by atoms with Crippen molar-refractivity contribution in [3.8, 4) is 0 Å². The van der Waals surface area contributed by atoms with E-state index in [4.69, 9.17) is 9.56 Å². The molecule has 1 aromatic carbocycles. The molecule has 118 valence electrons. The zero-order valence-corrected chi connectivity index (χ0v) is 13.4. The summed E-state index contributed by atoms with van der Waals surface area (Å²) in [5.41, 5.74) is 0.798. The van der Waals surface area contributed by atoms with Crippen LogP contribution in [0.15, 0.2) is 45.7 Å². The Hall–Kier alpha value is -2.12. The van der Waals surface area contributed by atoms with E-state index in [2.05, 4.69) is 0 Å². The number of amides is 1. The maximum absolute atomic E-state index is 12.3. The molecule has 22 heavy (non-hydrogen) atoms. The fourth-order valence-electron chi connectivity index (χ4n) is 2.06. The van der Waals surface area contributed by atoms with E-state index in [1.807, 2.05) is 6.92 Å². The summed E-state index contributed by atoms with van der Waals surface area (Å²) >= 11 is 0. The van der Waals surface area contributed by atoms with Crippen molar-refractivity contribution in [2.45, 2.75) is 24.8 Å². The van der Waals surface area contributed by atoms with Gasteiger partial charge < -0.3 is 9.32 Å². The third-order valence-electron chi connectivity index (χ3n) is 3.54. The maximum atomic E-state index is 12.3. The topological polar surface area (TPSA) is 93.6 Å². The fraction of sp³-hybridized carbons (Fsp3) is 0.267. The average Bonchev–Trinajstić information content (AvgIpc) is 2.90. The normalized spacial score (nSPS) is 12.9. The smallest absolute Gasteiger partial charge is 0.289 e. The Morgan fingerprint density at radius 1 is 1.18 bits per heavy atom. The van der Waals surface area contributed by atoms with Gasteiger partial charge >= 0.3 is 0 Å². The van der Waals surface area contributed by atoms with Crippen molar-refractivity contribution in [3.05, 3.63) is 53.5 Å². The molecule has 0 aliphatic carbocycles. The number of benzene rings is 1. The molecule has 0 radical (unpaired) electrons. The maximum Gasteiger partial charge on any atom is 0.289 e. The first-order valence-electron chi connectivity index (χ1n) is 6.66. The summed E-state index contributed by atoms with van der Waals surface area (Å²) < 4.78 is 27.8. The van der Waals surface area contributed by atoms with Gasteiger partial charge in [0, 0.05) is 7.05 Å². The van der Waals surface area contributed by atoms with E-state index in [-0.39, 0.29) is 22.6 Å². The second-order valence-corrected chi connectivity index (χ2v) is 6.68. The minimum Gasteiger partial charge on any atom is -0.456 e. The molecule has 7 heteroatoms. The van der Waals surface area contributed by atoms with Crippen molar-refractivity contribution in [2.75, 3.05) is 7.05 Å². The van der Waals surface area contributed by atoms with Crippen molar-refractivity contribution in [1.82, 2.24) is 4.90 Å². The van der Waals surface area contributed by atoms with E-state index in [1.165, 1.54) is 17.0 Å². The molecule has 0 fully saturated rings. The van der Waals surface area contributed by atoms with Crippen molar-refractivity contribution in [2.24, 2.45) is 5.14 Å². The number of carbonyl (C=O) groups excluding carboxylic acids is 1. The van der Waals surface area contributed by atoms with Crippen LogP contribution in [0.5, 0.6) is 0 Å². The summed E-state index contributed by atoms with van der Waals surface area (Å²) in [5.74, 6) is 0.700. The summed E-state index contributed by atoms with van der Waals surface area (Å²) in [6.07, 6.45) is 0. The van der Waals surface area contributed by atoms with Gasteiger partial charge in [0.1, 0.15) is 5.76 Å². The van der Waals surface area contributed by atoms with Crippen molar-refractivity contribution in [1.29, 1.82) is 0 Å². The lowest BCUT2D eigenvalue weighted by atomic mass is 10.1. The van der Waals surface area contributed by atoms with Crippen LogP contribution in [0.4, 0.5) is 0 Å². The molecule has 1 heterocycles. The van der Waals surface area contributed by atoms with Crippen LogP contribution in [0.3, 0.4) is 0 Å². The molecule has 2 aromatic rings. The van der Waals surface area contributed by atoms with Crippen LogP contribution in [0.2, 0.25) is 0 Å². The van der Waals surface area contributed by atoms with Gasteiger partial charge in [0.2, 0.25) is 10.0 Å². The summed E-state index contributed by atoms with van der Waals surface area (Å²) in [6, 6.07) is 9.25. The molecule has 2 rings (SSSR count). The highest BCUT2D eigenvalue weighted by atomic mass is 32.2. The van der Waals surface area contributed by atoms with Crippen molar-refractivity contribution >= 4 is 15.9 Å². The van der Waals surface area contributed by atoms with E-state index in [0.717, 1.165) is 5.56 Å². The summed E-state index contributed by atoms with van der Waals surface area (Å²) in [7, 11) is -2.05. The van der Waals surface area contributed by atoms with E-state index in [9.17, 15) is 13.2 Å². The van der Waals surface area contributed by atoms with E-state index < -0.39 is 10.0 Å². The van der Waals surface area contributed by atoms with Gasteiger partial charge in [-0.2, -0.15) is 0 Å².